The quantitative estimate of drug-likeness (QED) is 0.700. The maximum absolute atomic E-state index is 12.9. The number of fused-ring (bicyclic) bond motifs is 1. The summed E-state index contributed by atoms with van der Waals surface area (Å²) in [6.07, 6.45) is 0.758. The third kappa shape index (κ3) is 3.90. The first kappa shape index (κ1) is 18.0. The Balaban J connectivity index is 1.80. The molecule has 0 aliphatic rings. The van der Waals surface area contributed by atoms with Crippen LogP contribution in [0.5, 0.6) is 0 Å². The molecule has 0 unspecified atom stereocenters. The first-order chi connectivity index (χ1) is 12.3. The van der Waals surface area contributed by atoms with Crippen molar-refractivity contribution in [1.82, 2.24) is 20.0 Å². The second kappa shape index (κ2) is 7.23. The lowest BCUT2D eigenvalue weighted by atomic mass is 10.1. The van der Waals surface area contributed by atoms with Crippen LogP contribution in [0.1, 0.15) is 47.2 Å². The van der Waals surface area contributed by atoms with Crippen molar-refractivity contribution in [3.05, 3.63) is 52.8 Å². The SMILES string of the molecule is Cc1ccc2nc(C)c(C(=O)N(C)Cc3nc(CC(C)C)no3)cc2c1. The summed E-state index contributed by atoms with van der Waals surface area (Å²) in [5.74, 6) is 1.46. The van der Waals surface area contributed by atoms with Gasteiger partial charge in [0.1, 0.15) is 0 Å². The molecule has 2 heterocycles. The van der Waals surface area contributed by atoms with Gasteiger partial charge in [-0.05, 0) is 38.0 Å². The number of aryl methyl sites for hydroxylation is 2. The minimum absolute atomic E-state index is 0.109. The Bertz CT molecular complexity index is 946. The van der Waals surface area contributed by atoms with Crippen LogP contribution in [0.3, 0.4) is 0 Å². The van der Waals surface area contributed by atoms with E-state index in [9.17, 15) is 4.79 Å². The lowest BCUT2D eigenvalue weighted by molar-refractivity contribution is 0.0768. The first-order valence-corrected chi connectivity index (χ1v) is 8.78. The van der Waals surface area contributed by atoms with Gasteiger partial charge in [0.15, 0.2) is 5.82 Å². The summed E-state index contributed by atoms with van der Waals surface area (Å²) in [6, 6.07) is 7.94. The number of amides is 1. The number of pyridine rings is 1. The van der Waals surface area contributed by atoms with Gasteiger partial charge < -0.3 is 9.42 Å². The number of hydrogen-bond acceptors (Lipinski definition) is 5. The maximum Gasteiger partial charge on any atom is 0.255 e. The average molecular weight is 352 g/mol. The van der Waals surface area contributed by atoms with Crippen LogP contribution in [0.15, 0.2) is 28.8 Å². The summed E-state index contributed by atoms with van der Waals surface area (Å²) in [5, 5.41) is 4.94. The lowest BCUT2D eigenvalue weighted by Crippen LogP contribution is -2.27. The summed E-state index contributed by atoms with van der Waals surface area (Å²) in [5.41, 5.74) is 3.33. The van der Waals surface area contributed by atoms with E-state index in [-0.39, 0.29) is 12.5 Å². The monoisotopic (exact) mass is 352 g/mol. The van der Waals surface area contributed by atoms with Crippen molar-refractivity contribution in [3.8, 4) is 0 Å². The molecule has 26 heavy (non-hydrogen) atoms. The van der Waals surface area contributed by atoms with E-state index in [1.807, 2.05) is 38.1 Å². The van der Waals surface area contributed by atoms with E-state index in [0.29, 0.717) is 28.9 Å². The van der Waals surface area contributed by atoms with Gasteiger partial charge in [-0.3, -0.25) is 9.78 Å². The Hall–Kier alpha value is -2.76. The summed E-state index contributed by atoms with van der Waals surface area (Å²) < 4.78 is 5.27. The predicted octanol–water partition coefficient (Wildman–Crippen LogP) is 3.71. The van der Waals surface area contributed by atoms with Gasteiger partial charge in [-0.15, -0.1) is 0 Å². The number of carbonyl (C=O) groups excluding carboxylic acids is 1. The van der Waals surface area contributed by atoms with E-state index in [2.05, 4.69) is 29.0 Å². The number of aromatic nitrogens is 3. The van der Waals surface area contributed by atoms with Gasteiger partial charge in [-0.2, -0.15) is 4.98 Å². The van der Waals surface area contributed by atoms with Crippen molar-refractivity contribution >= 4 is 16.8 Å². The molecule has 3 rings (SSSR count). The zero-order chi connectivity index (χ0) is 18.8. The van der Waals surface area contributed by atoms with Crippen LogP contribution in [0.2, 0.25) is 0 Å². The molecule has 6 nitrogen and oxygen atoms in total. The second-order valence-corrected chi connectivity index (χ2v) is 7.18. The maximum atomic E-state index is 12.9. The highest BCUT2D eigenvalue weighted by Gasteiger charge is 2.19. The van der Waals surface area contributed by atoms with Crippen LogP contribution >= 0.6 is 0 Å². The minimum Gasteiger partial charge on any atom is -0.337 e. The van der Waals surface area contributed by atoms with Crippen molar-refractivity contribution in [2.45, 2.75) is 40.7 Å². The standard InChI is InChI=1S/C20H24N4O2/c1-12(2)8-18-22-19(26-23-18)11-24(5)20(25)16-10-15-9-13(3)6-7-17(15)21-14(16)4/h6-7,9-10,12H,8,11H2,1-5H3. The topological polar surface area (TPSA) is 72.1 Å². The summed E-state index contributed by atoms with van der Waals surface area (Å²) in [4.78, 5) is 23.4. The Labute approximate surface area is 153 Å². The molecule has 0 fully saturated rings. The summed E-state index contributed by atoms with van der Waals surface area (Å²) >= 11 is 0. The van der Waals surface area contributed by atoms with Gasteiger partial charge >= 0.3 is 0 Å². The van der Waals surface area contributed by atoms with E-state index >= 15 is 0 Å². The third-order valence-electron chi connectivity index (χ3n) is 4.21. The first-order valence-electron chi connectivity index (χ1n) is 8.78. The van der Waals surface area contributed by atoms with Crippen LogP contribution in [-0.4, -0.2) is 33.0 Å². The molecule has 0 atom stereocenters. The average Bonchev–Trinajstić information content (AvgIpc) is 3.00. The Morgan fingerprint density at radius 1 is 1.19 bits per heavy atom. The molecule has 0 aliphatic carbocycles. The Morgan fingerprint density at radius 2 is 1.96 bits per heavy atom. The largest absolute Gasteiger partial charge is 0.337 e. The molecule has 0 aliphatic heterocycles. The molecular weight excluding hydrogens is 328 g/mol. The molecule has 0 saturated heterocycles. The lowest BCUT2D eigenvalue weighted by Gasteiger charge is -2.16. The fourth-order valence-electron chi connectivity index (χ4n) is 2.89. The fourth-order valence-corrected chi connectivity index (χ4v) is 2.89. The molecule has 6 heteroatoms. The van der Waals surface area contributed by atoms with Crippen molar-refractivity contribution in [2.75, 3.05) is 7.05 Å². The van der Waals surface area contributed by atoms with Crippen LogP contribution in [-0.2, 0) is 13.0 Å². The Morgan fingerprint density at radius 3 is 2.69 bits per heavy atom. The highest BCUT2D eigenvalue weighted by atomic mass is 16.5. The van der Waals surface area contributed by atoms with Gasteiger partial charge in [-0.1, -0.05) is 30.6 Å². The van der Waals surface area contributed by atoms with E-state index in [1.54, 1.807) is 11.9 Å². The molecule has 0 saturated carbocycles. The smallest absolute Gasteiger partial charge is 0.255 e. The van der Waals surface area contributed by atoms with Crippen LogP contribution in [0.4, 0.5) is 0 Å². The van der Waals surface area contributed by atoms with Gasteiger partial charge in [-0.25, -0.2) is 0 Å². The highest BCUT2D eigenvalue weighted by molar-refractivity contribution is 5.98. The predicted molar refractivity (Wildman–Crippen MR) is 99.9 cm³/mol. The van der Waals surface area contributed by atoms with Crippen LogP contribution in [0.25, 0.3) is 10.9 Å². The van der Waals surface area contributed by atoms with E-state index < -0.39 is 0 Å². The number of hydrogen-bond donors (Lipinski definition) is 0. The van der Waals surface area contributed by atoms with Gasteiger partial charge in [0, 0.05) is 18.9 Å². The number of benzene rings is 1. The van der Waals surface area contributed by atoms with Crippen molar-refractivity contribution in [1.29, 1.82) is 0 Å². The summed E-state index contributed by atoms with van der Waals surface area (Å²) in [6.45, 7) is 8.35. The molecule has 0 spiro atoms. The van der Waals surface area contributed by atoms with Crippen LogP contribution in [0, 0.1) is 19.8 Å². The summed E-state index contributed by atoms with van der Waals surface area (Å²) in [7, 11) is 1.73. The van der Waals surface area contributed by atoms with Crippen molar-refractivity contribution < 1.29 is 9.32 Å². The van der Waals surface area contributed by atoms with Crippen molar-refractivity contribution in [3.63, 3.8) is 0 Å². The minimum atomic E-state index is -0.109. The van der Waals surface area contributed by atoms with Gasteiger partial charge in [0.25, 0.3) is 5.91 Å². The third-order valence-corrected chi connectivity index (χ3v) is 4.21. The molecule has 2 aromatic heterocycles. The molecule has 136 valence electrons. The molecule has 3 aromatic rings. The number of carbonyl (C=O) groups is 1. The molecule has 0 radical (unpaired) electrons. The molecule has 0 N–H and O–H groups in total. The zero-order valence-electron chi connectivity index (χ0n) is 15.9. The van der Waals surface area contributed by atoms with E-state index in [0.717, 1.165) is 22.9 Å². The van der Waals surface area contributed by atoms with Gasteiger partial charge in [0.2, 0.25) is 5.89 Å². The Kier molecular flexibility index (Phi) is 5.02. The molecular formula is C20H24N4O2. The van der Waals surface area contributed by atoms with E-state index in [1.165, 1.54) is 0 Å². The van der Waals surface area contributed by atoms with E-state index in [4.69, 9.17) is 4.52 Å². The second-order valence-electron chi connectivity index (χ2n) is 7.18. The zero-order valence-corrected chi connectivity index (χ0v) is 15.9. The number of nitrogens with zero attached hydrogens (tertiary/aromatic N) is 4. The van der Waals surface area contributed by atoms with Gasteiger partial charge in [0.05, 0.1) is 23.3 Å². The van der Waals surface area contributed by atoms with Crippen molar-refractivity contribution in [2.24, 2.45) is 5.92 Å². The number of rotatable bonds is 5. The molecule has 1 amide bonds. The highest BCUT2D eigenvalue weighted by Crippen LogP contribution is 2.19. The molecule has 0 bridgehead atoms. The molecule has 1 aromatic carbocycles. The normalized spacial score (nSPS) is 11.3. The van der Waals surface area contributed by atoms with Crippen LogP contribution < -0.4 is 0 Å². The fraction of sp³-hybridized carbons (Fsp3) is 0.400.